The fraction of sp³-hybridized carbons (Fsp3) is 0.579. The van der Waals surface area contributed by atoms with Crippen LogP contribution in [0.2, 0.25) is 0 Å². The third kappa shape index (κ3) is 3.45. The van der Waals surface area contributed by atoms with Crippen molar-refractivity contribution < 1.29 is 9.31 Å². The van der Waals surface area contributed by atoms with Crippen LogP contribution in [0, 0.1) is 0 Å². The smallest absolute Gasteiger partial charge is 0.400 e. The minimum atomic E-state index is -0.315. The lowest BCUT2D eigenvalue weighted by Gasteiger charge is -2.32. The zero-order valence-corrected chi connectivity index (χ0v) is 15.5. The predicted molar refractivity (Wildman–Crippen MR) is 99.8 cm³/mol. The van der Waals surface area contributed by atoms with E-state index in [9.17, 15) is 0 Å². The first kappa shape index (κ1) is 17.7. The summed E-state index contributed by atoms with van der Waals surface area (Å²) < 4.78 is 12.4. The lowest BCUT2D eigenvalue weighted by atomic mass is 9.76. The molecule has 0 amide bonds. The Morgan fingerprint density at radius 2 is 1.92 bits per heavy atom. The highest BCUT2D eigenvalue weighted by atomic mass is 16.7. The van der Waals surface area contributed by atoms with Gasteiger partial charge in [-0.2, -0.15) is 0 Å². The van der Waals surface area contributed by atoms with Crippen molar-refractivity contribution in [3.63, 3.8) is 0 Å². The molecule has 0 saturated carbocycles. The van der Waals surface area contributed by atoms with Crippen LogP contribution in [0.1, 0.15) is 44.4 Å². The molecule has 0 aromatic heterocycles. The maximum absolute atomic E-state index is 6.22. The summed E-state index contributed by atoms with van der Waals surface area (Å²) >= 11 is 0. The zero-order chi connectivity index (χ0) is 17.4. The van der Waals surface area contributed by atoms with E-state index in [0.717, 1.165) is 31.5 Å². The zero-order valence-electron chi connectivity index (χ0n) is 15.5. The largest absolute Gasteiger partial charge is 0.491 e. The van der Waals surface area contributed by atoms with Crippen LogP contribution in [0.4, 0.5) is 0 Å². The van der Waals surface area contributed by atoms with E-state index >= 15 is 0 Å². The molecule has 0 radical (unpaired) electrons. The van der Waals surface area contributed by atoms with Gasteiger partial charge in [-0.3, -0.25) is 0 Å². The van der Waals surface area contributed by atoms with E-state index in [4.69, 9.17) is 9.31 Å². The number of hydrogen-bond donors (Lipinski definition) is 2. The second-order valence-corrected chi connectivity index (χ2v) is 7.79. The molecule has 4 nitrogen and oxygen atoms in total. The van der Waals surface area contributed by atoms with Gasteiger partial charge in [0.15, 0.2) is 0 Å². The molecule has 0 atom stereocenters. The Morgan fingerprint density at radius 1 is 1.21 bits per heavy atom. The van der Waals surface area contributed by atoms with E-state index in [1.54, 1.807) is 0 Å². The van der Waals surface area contributed by atoms with Gasteiger partial charge in [0, 0.05) is 13.1 Å². The van der Waals surface area contributed by atoms with Gasteiger partial charge in [0.25, 0.3) is 0 Å². The Balaban J connectivity index is 1.87. The van der Waals surface area contributed by atoms with E-state index in [1.807, 2.05) is 7.05 Å². The summed E-state index contributed by atoms with van der Waals surface area (Å²) in [5.41, 5.74) is 4.55. The molecule has 1 fully saturated rings. The van der Waals surface area contributed by atoms with Crippen molar-refractivity contribution in [3.05, 3.63) is 40.4 Å². The molecule has 2 N–H and O–H groups in total. The Labute approximate surface area is 146 Å². The second kappa shape index (κ2) is 6.64. The average Bonchev–Trinajstić information content (AvgIpc) is 2.75. The molecule has 24 heavy (non-hydrogen) atoms. The molecule has 1 aromatic rings. The van der Waals surface area contributed by atoms with Crippen LogP contribution in [-0.2, 0) is 22.3 Å². The Hall–Kier alpha value is -1.14. The van der Waals surface area contributed by atoms with Crippen LogP contribution in [0.25, 0.3) is 6.08 Å². The average molecular weight is 328 g/mol. The van der Waals surface area contributed by atoms with Crippen LogP contribution in [0.3, 0.4) is 0 Å². The molecular weight excluding hydrogens is 299 g/mol. The van der Waals surface area contributed by atoms with Gasteiger partial charge in [-0.1, -0.05) is 24.3 Å². The lowest BCUT2D eigenvalue weighted by molar-refractivity contribution is 0.00578. The van der Waals surface area contributed by atoms with Crippen LogP contribution >= 0.6 is 0 Å². The highest BCUT2D eigenvalue weighted by Gasteiger charge is 2.52. The molecule has 2 aliphatic heterocycles. The maximum Gasteiger partial charge on any atom is 0.491 e. The summed E-state index contributed by atoms with van der Waals surface area (Å²) in [6.45, 7) is 11.1. The van der Waals surface area contributed by atoms with Crippen LogP contribution in [0.5, 0.6) is 0 Å². The van der Waals surface area contributed by atoms with Gasteiger partial charge in [0.05, 0.1) is 11.2 Å². The quantitative estimate of drug-likeness (QED) is 0.834. The minimum absolute atomic E-state index is 0.309. The fourth-order valence-electron chi connectivity index (χ4n) is 3.21. The molecule has 0 bridgehead atoms. The predicted octanol–water partition coefficient (Wildman–Crippen LogP) is 2.57. The number of likely N-dealkylation sites (N-methyl/N-ethyl adjacent to an activating group) is 1. The van der Waals surface area contributed by atoms with E-state index in [1.165, 1.54) is 16.7 Å². The van der Waals surface area contributed by atoms with Gasteiger partial charge in [-0.15, -0.1) is 0 Å². The van der Waals surface area contributed by atoms with Crippen molar-refractivity contribution in [2.24, 2.45) is 0 Å². The topological polar surface area (TPSA) is 42.5 Å². The van der Waals surface area contributed by atoms with Crippen LogP contribution < -0.4 is 10.6 Å². The van der Waals surface area contributed by atoms with Crippen LogP contribution in [-0.4, -0.2) is 38.5 Å². The highest BCUT2D eigenvalue weighted by Crippen LogP contribution is 2.38. The van der Waals surface area contributed by atoms with Crippen molar-refractivity contribution in [3.8, 4) is 0 Å². The molecule has 2 aliphatic rings. The highest BCUT2D eigenvalue weighted by molar-refractivity contribution is 6.55. The first-order valence-electron chi connectivity index (χ1n) is 8.86. The molecule has 1 saturated heterocycles. The summed E-state index contributed by atoms with van der Waals surface area (Å²) in [6, 6.07) is 6.73. The molecule has 2 heterocycles. The number of hydrogen-bond acceptors (Lipinski definition) is 4. The molecule has 130 valence electrons. The van der Waals surface area contributed by atoms with E-state index < -0.39 is 0 Å². The molecule has 0 unspecified atom stereocenters. The summed E-state index contributed by atoms with van der Waals surface area (Å²) in [5, 5.41) is 6.68. The van der Waals surface area contributed by atoms with E-state index in [0.29, 0.717) is 0 Å². The number of nitrogens with one attached hydrogen (secondary N) is 2. The maximum atomic E-state index is 6.22. The van der Waals surface area contributed by atoms with E-state index in [2.05, 4.69) is 62.6 Å². The first-order valence-corrected chi connectivity index (χ1v) is 8.86. The number of rotatable bonds is 4. The van der Waals surface area contributed by atoms with Crippen molar-refractivity contribution in [1.29, 1.82) is 0 Å². The van der Waals surface area contributed by atoms with E-state index in [-0.39, 0.29) is 18.3 Å². The summed E-state index contributed by atoms with van der Waals surface area (Å²) in [5.74, 6) is 0. The Bertz CT molecular complexity index is 624. The van der Waals surface area contributed by atoms with Gasteiger partial charge < -0.3 is 19.9 Å². The van der Waals surface area contributed by atoms with Gasteiger partial charge in [-0.25, -0.2) is 0 Å². The summed E-state index contributed by atoms with van der Waals surface area (Å²) in [7, 11) is 1.65. The van der Waals surface area contributed by atoms with Gasteiger partial charge in [0.2, 0.25) is 0 Å². The van der Waals surface area contributed by atoms with Gasteiger partial charge in [0.1, 0.15) is 0 Å². The fourth-order valence-corrected chi connectivity index (χ4v) is 3.21. The second-order valence-electron chi connectivity index (χ2n) is 7.79. The van der Waals surface area contributed by atoms with Crippen molar-refractivity contribution in [1.82, 2.24) is 10.6 Å². The van der Waals surface area contributed by atoms with Gasteiger partial charge in [-0.05, 0) is 69.9 Å². The summed E-state index contributed by atoms with van der Waals surface area (Å²) in [6.07, 6.45) is 3.31. The van der Waals surface area contributed by atoms with Crippen molar-refractivity contribution in [2.45, 2.75) is 51.9 Å². The molecule has 0 spiro atoms. The van der Waals surface area contributed by atoms with Gasteiger partial charge >= 0.3 is 7.12 Å². The molecule has 5 heteroatoms. The number of benzene rings is 1. The van der Waals surface area contributed by atoms with Crippen molar-refractivity contribution in [2.75, 3.05) is 20.1 Å². The standard InChI is InChI=1S/C19H29BN2O2/c1-18(2)19(3,4)24-20(23-18)17(13-21-5)11-14-6-7-15-8-9-22-12-16(15)10-14/h6-7,10-11,21-22H,8-9,12-13H2,1-5H3. The lowest BCUT2D eigenvalue weighted by Crippen LogP contribution is -2.41. The molecule has 3 rings (SSSR count). The minimum Gasteiger partial charge on any atom is -0.400 e. The Kier molecular flexibility index (Phi) is 4.89. The molecular formula is C19H29BN2O2. The monoisotopic (exact) mass is 328 g/mol. The summed E-state index contributed by atoms with van der Waals surface area (Å²) in [4.78, 5) is 0. The molecule has 1 aromatic carbocycles. The first-order chi connectivity index (χ1) is 11.3. The van der Waals surface area contributed by atoms with Crippen LogP contribution in [0.15, 0.2) is 23.7 Å². The normalized spacial score (nSPS) is 22.5. The Morgan fingerprint density at radius 3 is 2.58 bits per heavy atom. The number of fused-ring (bicyclic) bond motifs is 1. The third-order valence-corrected chi connectivity index (χ3v) is 5.41. The SMILES string of the molecule is CNCC(=Cc1ccc2c(c1)CNCC2)B1OC(C)(C)C(C)(C)O1. The van der Waals surface area contributed by atoms with Crippen molar-refractivity contribution >= 4 is 13.2 Å². The third-order valence-electron chi connectivity index (χ3n) is 5.41. The molecule has 0 aliphatic carbocycles.